The smallest absolute Gasteiger partial charge is 0.272 e. The zero-order valence-electron chi connectivity index (χ0n) is 16.5. The molecule has 0 fully saturated rings. The van der Waals surface area contributed by atoms with Crippen LogP contribution in [0, 0.1) is 0 Å². The number of alkyl halides is 2. The standard InChI is InChI=1S/C20H28F2N4O2/c1-4-15(5-2)18-10-17(28-26-18)12-25-20(23-3)24-11-14-7-6-8-16(9-14)27-13-19(21)22/h6-10,15,19H,4-5,11-13H2,1-3H3,(H2,23,24,25). The molecule has 2 rings (SSSR count). The zero-order chi connectivity index (χ0) is 20.4. The molecule has 0 bridgehead atoms. The number of benzene rings is 1. The Hall–Kier alpha value is -2.64. The third kappa shape index (κ3) is 6.83. The summed E-state index contributed by atoms with van der Waals surface area (Å²) in [5.74, 6) is 2.17. The van der Waals surface area contributed by atoms with Crippen molar-refractivity contribution >= 4 is 5.96 Å². The number of guanidine groups is 1. The Balaban J connectivity index is 1.84. The summed E-state index contributed by atoms with van der Waals surface area (Å²) in [6.07, 6.45) is -0.440. The topological polar surface area (TPSA) is 71.7 Å². The van der Waals surface area contributed by atoms with Gasteiger partial charge in [0.1, 0.15) is 12.4 Å². The Kier molecular flexibility index (Phi) is 8.71. The quantitative estimate of drug-likeness (QED) is 0.469. The number of ether oxygens (including phenoxy) is 1. The molecule has 0 radical (unpaired) electrons. The van der Waals surface area contributed by atoms with E-state index < -0.39 is 13.0 Å². The van der Waals surface area contributed by atoms with Crippen LogP contribution < -0.4 is 15.4 Å². The highest BCUT2D eigenvalue weighted by atomic mass is 19.3. The van der Waals surface area contributed by atoms with Gasteiger partial charge in [0, 0.05) is 25.6 Å². The fourth-order valence-electron chi connectivity index (χ4n) is 2.79. The molecule has 28 heavy (non-hydrogen) atoms. The summed E-state index contributed by atoms with van der Waals surface area (Å²) in [5, 5.41) is 10.5. The van der Waals surface area contributed by atoms with Crippen molar-refractivity contribution in [3.05, 3.63) is 47.3 Å². The van der Waals surface area contributed by atoms with Gasteiger partial charge in [0.15, 0.2) is 11.7 Å². The Morgan fingerprint density at radius 2 is 1.93 bits per heavy atom. The Bertz CT molecular complexity index is 745. The van der Waals surface area contributed by atoms with Gasteiger partial charge in [-0.05, 0) is 30.5 Å². The highest BCUT2D eigenvalue weighted by Crippen LogP contribution is 2.22. The van der Waals surface area contributed by atoms with E-state index in [1.54, 1.807) is 25.2 Å². The summed E-state index contributed by atoms with van der Waals surface area (Å²) in [6, 6.07) is 9.00. The van der Waals surface area contributed by atoms with Gasteiger partial charge < -0.3 is 19.9 Å². The van der Waals surface area contributed by atoms with Crippen LogP contribution >= 0.6 is 0 Å². The van der Waals surface area contributed by atoms with E-state index in [9.17, 15) is 8.78 Å². The Labute approximate surface area is 164 Å². The largest absolute Gasteiger partial charge is 0.488 e. The molecule has 0 amide bonds. The molecule has 1 heterocycles. The number of rotatable bonds is 10. The maximum Gasteiger partial charge on any atom is 0.272 e. The van der Waals surface area contributed by atoms with Crippen LogP contribution in [0.4, 0.5) is 8.78 Å². The lowest BCUT2D eigenvalue weighted by atomic mass is 9.99. The van der Waals surface area contributed by atoms with Crippen LogP contribution in [0.15, 0.2) is 39.8 Å². The van der Waals surface area contributed by atoms with E-state index in [1.165, 1.54) is 0 Å². The van der Waals surface area contributed by atoms with Gasteiger partial charge in [-0.3, -0.25) is 4.99 Å². The summed E-state index contributed by atoms with van der Waals surface area (Å²) in [6.45, 7) is 4.60. The molecule has 0 spiro atoms. The van der Waals surface area contributed by atoms with E-state index in [-0.39, 0.29) is 0 Å². The average molecular weight is 394 g/mol. The predicted molar refractivity (Wildman–Crippen MR) is 105 cm³/mol. The molecule has 1 aromatic heterocycles. The lowest BCUT2D eigenvalue weighted by Gasteiger charge is -2.12. The lowest BCUT2D eigenvalue weighted by molar-refractivity contribution is 0.0818. The first-order chi connectivity index (χ1) is 13.5. The van der Waals surface area contributed by atoms with E-state index in [1.807, 2.05) is 12.1 Å². The van der Waals surface area contributed by atoms with Crippen molar-refractivity contribution in [3.63, 3.8) is 0 Å². The summed E-state index contributed by atoms with van der Waals surface area (Å²) in [5.41, 5.74) is 1.87. The zero-order valence-corrected chi connectivity index (χ0v) is 16.5. The van der Waals surface area contributed by atoms with Crippen LogP contribution in [0.1, 0.15) is 49.6 Å². The molecule has 1 aromatic carbocycles. The molecule has 0 aliphatic heterocycles. The first kappa shape index (κ1) is 21.7. The van der Waals surface area contributed by atoms with Crippen molar-refractivity contribution in [1.29, 1.82) is 0 Å². The molecule has 2 N–H and O–H groups in total. The minimum atomic E-state index is -2.49. The van der Waals surface area contributed by atoms with Crippen molar-refractivity contribution < 1.29 is 18.0 Å². The minimum Gasteiger partial charge on any atom is -0.488 e. The Morgan fingerprint density at radius 3 is 2.61 bits per heavy atom. The molecule has 6 nitrogen and oxygen atoms in total. The molecule has 0 aliphatic rings. The molecular formula is C20H28F2N4O2. The van der Waals surface area contributed by atoms with Gasteiger partial charge in [0.25, 0.3) is 6.43 Å². The predicted octanol–water partition coefficient (Wildman–Crippen LogP) is 4.09. The van der Waals surface area contributed by atoms with E-state index in [0.717, 1.165) is 29.9 Å². The number of aromatic nitrogens is 1. The van der Waals surface area contributed by atoms with Crippen LogP contribution in [0.5, 0.6) is 5.75 Å². The van der Waals surface area contributed by atoms with Gasteiger partial charge in [-0.15, -0.1) is 0 Å². The molecule has 0 saturated carbocycles. The minimum absolute atomic E-state index is 0.412. The third-order valence-corrected chi connectivity index (χ3v) is 4.37. The van der Waals surface area contributed by atoms with Crippen LogP contribution in [0.3, 0.4) is 0 Å². The molecule has 0 unspecified atom stereocenters. The first-order valence-corrected chi connectivity index (χ1v) is 9.45. The number of halogens is 2. The second-order valence-corrected chi connectivity index (χ2v) is 6.36. The third-order valence-electron chi connectivity index (χ3n) is 4.37. The maximum atomic E-state index is 12.3. The van der Waals surface area contributed by atoms with Gasteiger partial charge in [-0.2, -0.15) is 0 Å². The highest BCUT2D eigenvalue weighted by molar-refractivity contribution is 5.79. The number of aliphatic imine (C=N–C) groups is 1. The molecule has 2 aromatic rings. The Morgan fingerprint density at radius 1 is 1.18 bits per heavy atom. The molecule has 154 valence electrons. The molecule has 0 aliphatic carbocycles. The second kappa shape index (κ2) is 11.3. The van der Waals surface area contributed by atoms with Gasteiger partial charge >= 0.3 is 0 Å². The highest BCUT2D eigenvalue weighted by Gasteiger charge is 2.13. The average Bonchev–Trinajstić information content (AvgIpc) is 3.16. The molecule has 8 heteroatoms. The fourth-order valence-corrected chi connectivity index (χ4v) is 2.79. The summed E-state index contributed by atoms with van der Waals surface area (Å²) >= 11 is 0. The summed E-state index contributed by atoms with van der Waals surface area (Å²) in [7, 11) is 1.67. The lowest BCUT2D eigenvalue weighted by Crippen LogP contribution is -2.36. The van der Waals surface area contributed by atoms with Gasteiger partial charge in [0.05, 0.1) is 12.2 Å². The number of nitrogens with zero attached hydrogens (tertiary/aromatic N) is 2. The fraction of sp³-hybridized carbons (Fsp3) is 0.500. The van der Waals surface area contributed by atoms with Crippen LogP contribution in [0.2, 0.25) is 0 Å². The van der Waals surface area contributed by atoms with Crippen molar-refractivity contribution in [2.75, 3.05) is 13.7 Å². The summed E-state index contributed by atoms with van der Waals surface area (Å²) in [4.78, 5) is 4.18. The maximum absolute atomic E-state index is 12.3. The molecule has 0 atom stereocenters. The van der Waals surface area contributed by atoms with E-state index in [4.69, 9.17) is 9.26 Å². The van der Waals surface area contributed by atoms with Gasteiger partial charge in [0.2, 0.25) is 0 Å². The van der Waals surface area contributed by atoms with E-state index >= 15 is 0 Å². The van der Waals surface area contributed by atoms with Crippen molar-refractivity contribution in [2.24, 2.45) is 4.99 Å². The summed E-state index contributed by atoms with van der Waals surface area (Å²) < 4.78 is 35.0. The number of hydrogen-bond acceptors (Lipinski definition) is 4. The number of hydrogen-bond donors (Lipinski definition) is 2. The van der Waals surface area contributed by atoms with Crippen LogP contribution in [-0.2, 0) is 13.1 Å². The second-order valence-electron chi connectivity index (χ2n) is 6.36. The molecular weight excluding hydrogens is 366 g/mol. The van der Waals surface area contributed by atoms with Crippen molar-refractivity contribution in [2.45, 2.75) is 52.1 Å². The monoisotopic (exact) mass is 394 g/mol. The van der Waals surface area contributed by atoms with Crippen molar-refractivity contribution in [1.82, 2.24) is 15.8 Å². The van der Waals surface area contributed by atoms with Gasteiger partial charge in [-0.1, -0.05) is 31.1 Å². The van der Waals surface area contributed by atoms with Crippen molar-refractivity contribution in [3.8, 4) is 5.75 Å². The SMILES string of the molecule is CCC(CC)c1cc(CNC(=NC)NCc2cccc(OCC(F)F)c2)on1. The van der Waals surface area contributed by atoms with E-state index in [0.29, 0.717) is 30.7 Å². The van der Waals surface area contributed by atoms with Crippen LogP contribution in [-0.4, -0.2) is 31.2 Å². The molecule has 0 saturated heterocycles. The van der Waals surface area contributed by atoms with Crippen LogP contribution in [0.25, 0.3) is 0 Å². The first-order valence-electron chi connectivity index (χ1n) is 9.45. The van der Waals surface area contributed by atoms with Gasteiger partial charge in [-0.25, -0.2) is 8.78 Å². The van der Waals surface area contributed by atoms with E-state index in [2.05, 4.69) is 34.6 Å². The number of nitrogens with one attached hydrogen (secondary N) is 2. The normalized spacial score (nSPS) is 11.9.